The molecule has 2 heterocycles. The molecule has 1 aromatic heterocycles. The Labute approximate surface area is 140 Å². The van der Waals surface area contributed by atoms with Crippen LogP contribution in [-0.2, 0) is 5.54 Å². The van der Waals surface area contributed by atoms with Crippen LogP contribution in [-0.4, -0.2) is 48.1 Å². The van der Waals surface area contributed by atoms with Crippen molar-refractivity contribution in [3.8, 4) is 0 Å². The molecule has 0 amide bonds. The number of piperazine rings is 1. The SMILES string of the molecule is CN1CCN(c2ncc([C@@](C)(N)c3ccc(P)cc3)cn2)CC1. The van der Waals surface area contributed by atoms with Gasteiger partial charge in [-0.1, -0.05) is 24.3 Å². The van der Waals surface area contributed by atoms with E-state index in [9.17, 15) is 0 Å². The Bertz CT molecular complexity index is 646. The maximum Gasteiger partial charge on any atom is 0.225 e. The molecule has 23 heavy (non-hydrogen) atoms. The molecule has 0 radical (unpaired) electrons. The summed E-state index contributed by atoms with van der Waals surface area (Å²) in [5, 5.41) is 1.14. The Balaban J connectivity index is 1.79. The number of nitrogens with two attached hydrogens (primary N) is 1. The Hall–Kier alpha value is -1.55. The molecule has 5 nitrogen and oxygen atoms in total. The molecule has 1 aliphatic rings. The molecule has 2 aromatic rings. The van der Waals surface area contributed by atoms with Gasteiger partial charge in [0.15, 0.2) is 0 Å². The van der Waals surface area contributed by atoms with Crippen LogP contribution in [0.3, 0.4) is 0 Å². The molecular formula is C17H24N5P. The van der Waals surface area contributed by atoms with E-state index in [1.165, 1.54) is 0 Å². The van der Waals surface area contributed by atoms with Crippen LogP contribution >= 0.6 is 9.24 Å². The lowest BCUT2D eigenvalue weighted by atomic mass is 9.87. The molecule has 0 bridgehead atoms. The van der Waals surface area contributed by atoms with Gasteiger partial charge in [-0.3, -0.25) is 0 Å². The van der Waals surface area contributed by atoms with Crippen LogP contribution < -0.4 is 15.9 Å². The third kappa shape index (κ3) is 3.52. The van der Waals surface area contributed by atoms with Crippen molar-refractivity contribution in [1.82, 2.24) is 14.9 Å². The predicted octanol–water partition coefficient (Wildman–Crippen LogP) is 0.951. The summed E-state index contributed by atoms with van der Waals surface area (Å²) in [7, 11) is 4.83. The van der Waals surface area contributed by atoms with E-state index in [0.717, 1.165) is 48.6 Å². The molecule has 2 N–H and O–H groups in total. The fraction of sp³-hybridized carbons (Fsp3) is 0.412. The second-order valence-corrected chi connectivity index (χ2v) is 7.05. The number of likely N-dealkylation sites (N-methyl/N-ethyl adjacent to an activating group) is 1. The maximum atomic E-state index is 6.55. The minimum atomic E-state index is -0.598. The van der Waals surface area contributed by atoms with E-state index in [0.29, 0.717) is 0 Å². The summed E-state index contributed by atoms with van der Waals surface area (Å²) in [5.74, 6) is 0.790. The number of hydrogen-bond donors (Lipinski definition) is 1. The summed E-state index contributed by atoms with van der Waals surface area (Å²) in [6.45, 7) is 6.01. The van der Waals surface area contributed by atoms with Crippen LogP contribution in [0.5, 0.6) is 0 Å². The summed E-state index contributed by atoms with van der Waals surface area (Å²) in [6.07, 6.45) is 3.71. The van der Waals surface area contributed by atoms with Gasteiger partial charge in [-0.2, -0.15) is 0 Å². The van der Waals surface area contributed by atoms with Gasteiger partial charge in [-0.15, -0.1) is 9.24 Å². The zero-order valence-electron chi connectivity index (χ0n) is 13.7. The van der Waals surface area contributed by atoms with Gasteiger partial charge in [-0.25, -0.2) is 9.97 Å². The van der Waals surface area contributed by atoms with Gasteiger partial charge < -0.3 is 15.5 Å². The van der Waals surface area contributed by atoms with E-state index < -0.39 is 5.54 Å². The quantitative estimate of drug-likeness (QED) is 0.850. The predicted molar refractivity (Wildman–Crippen MR) is 98.2 cm³/mol. The number of hydrogen-bond acceptors (Lipinski definition) is 5. The molecule has 0 saturated carbocycles. The highest BCUT2D eigenvalue weighted by molar-refractivity contribution is 7.27. The fourth-order valence-electron chi connectivity index (χ4n) is 2.76. The summed E-state index contributed by atoms with van der Waals surface area (Å²) >= 11 is 0. The van der Waals surface area contributed by atoms with Gasteiger partial charge >= 0.3 is 0 Å². The average molecular weight is 329 g/mol. The van der Waals surface area contributed by atoms with E-state index in [1.807, 2.05) is 31.5 Å². The molecule has 122 valence electrons. The van der Waals surface area contributed by atoms with Crippen molar-refractivity contribution in [2.45, 2.75) is 12.5 Å². The standard InChI is InChI=1S/C17H24N5P/c1-17(18,13-3-5-15(23)6-4-13)14-11-19-16(20-12-14)22-9-7-21(2)8-10-22/h3-6,11-12H,7-10,18,23H2,1-2H3/t17-/m0/s1. The normalized spacial score (nSPS) is 18.7. The van der Waals surface area contributed by atoms with Crippen molar-refractivity contribution < 1.29 is 0 Å². The molecule has 2 atom stereocenters. The number of benzene rings is 1. The first-order chi connectivity index (χ1) is 11.0. The van der Waals surface area contributed by atoms with E-state index >= 15 is 0 Å². The molecule has 3 rings (SSSR count). The lowest BCUT2D eigenvalue weighted by Crippen LogP contribution is -2.45. The van der Waals surface area contributed by atoms with Crippen LogP contribution in [0.2, 0.25) is 0 Å². The largest absolute Gasteiger partial charge is 0.338 e. The van der Waals surface area contributed by atoms with E-state index in [1.54, 1.807) is 0 Å². The molecule has 0 aliphatic carbocycles. The molecule has 1 saturated heterocycles. The lowest BCUT2D eigenvalue weighted by molar-refractivity contribution is 0.311. The molecule has 1 fully saturated rings. The number of aromatic nitrogens is 2. The topological polar surface area (TPSA) is 58.3 Å². The van der Waals surface area contributed by atoms with Crippen molar-refractivity contribution >= 4 is 20.5 Å². The van der Waals surface area contributed by atoms with Crippen molar-refractivity contribution in [2.75, 3.05) is 38.1 Å². The number of nitrogens with zero attached hydrogens (tertiary/aromatic N) is 4. The number of anilines is 1. The lowest BCUT2D eigenvalue weighted by Gasteiger charge is -2.32. The monoisotopic (exact) mass is 329 g/mol. The van der Waals surface area contributed by atoms with Crippen LogP contribution in [0.25, 0.3) is 0 Å². The van der Waals surface area contributed by atoms with Gasteiger partial charge in [0.1, 0.15) is 0 Å². The van der Waals surface area contributed by atoms with E-state index in [2.05, 4.69) is 48.2 Å². The van der Waals surface area contributed by atoms with E-state index in [4.69, 9.17) is 5.73 Å². The van der Waals surface area contributed by atoms with Gasteiger partial charge in [0.2, 0.25) is 5.95 Å². The van der Waals surface area contributed by atoms with E-state index in [-0.39, 0.29) is 0 Å². The first-order valence-corrected chi connectivity index (χ1v) is 8.45. The second kappa shape index (κ2) is 6.52. The van der Waals surface area contributed by atoms with Crippen LogP contribution in [0, 0.1) is 0 Å². The molecular weight excluding hydrogens is 305 g/mol. The summed E-state index contributed by atoms with van der Waals surface area (Å²) in [5.41, 5.74) is 7.93. The second-order valence-electron chi connectivity index (χ2n) is 6.39. The highest BCUT2D eigenvalue weighted by Gasteiger charge is 2.25. The Morgan fingerprint density at radius 1 is 1.00 bits per heavy atom. The minimum absolute atomic E-state index is 0.598. The van der Waals surface area contributed by atoms with Crippen LogP contribution in [0.15, 0.2) is 36.7 Å². The Kier molecular flexibility index (Phi) is 4.62. The van der Waals surface area contributed by atoms with Crippen LogP contribution in [0.4, 0.5) is 5.95 Å². The van der Waals surface area contributed by atoms with Crippen molar-refractivity contribution in [1.29, 1.82) is 0 Å². The highest BCUT2D eigenvalue weighted by Crippen LogP contribution is 2.26. The molecule has 6 heteroatoms. The van der Waals surface area contributed by atoms with Gasteiger partial charge in [0.25, 0.3) is 0 Å². The summed E-state index contributed by atoms with van der Waals surface area (Å²) in [6, 6.07) is 8.20. The first-order valence-electron chi connectivity index (χ1n) is 7.88. The number of rotatable bonds is 3. The highest BCUT2D eigenvalue weighted by atomic mass is 31.0. The zero-order chi connectivity index (χ0) is 16.4. The molecule has 1 aliphatic heterocycles. The Morgan fingerprint density at radius 2 is 1.57 bits per heavy atom. The fourth-order valence-corrected chi connectivity index (χ4v) is 2.95. The molecule has 1 aromatic carbocycles. The third-order valence-corrected chi connectivity index (χ3v) is 4.92. The third-order valence-electron chi connectivity index (χ3n) is 4.53. The Morgan fingerprint density at radius 3 is 2.13 bits per heavy atom. The van der Waals surface area contributed by atoms with Gasteiger partial charge in [0, 0.05) is 44.1 Å². The van der Waals surface area contributed by atoms with Gasteiger partial charge in [0.05, 0.1) is 5.54 Å². The summed E-state index contributed by atoms with van der Waals surface area (Å²) in [4.78, 5) is 13.6. The minimum Gasteiger partial charge on any atom is -0.338 e. The maximum absolute atomic E-state index is 6.55. The van der Waals surface area contributed by atoms with Crippen molar-refractivity contribution in [3.05, 3.63) is 47.8 Å². The van der Waals surface area contributed by atoms with Crippen molar-refractivity contribution in [3.63, 3.8) is 0 Å². The zero-order valence-corrected chi connectivity index (χ0v) is 14.9. The van der Waals surface area contributed by atoms with Gasteiger partial charge in [-0.05, 0) is 24.8 Å². The average Bonchev–Trinajstić information content (AvgIpc) is 2.56. The summed E-state index contributed by atoms with van der Waals surface area (Å²) < 4.78 is 0. The van der Waals surface area contributed by atoms with Crippen molar-refractivity contribution in [2.24, 2.45) is 5.73 Å². The molecule has 1 unspecified atom stereocenters. The smallest absolute Gasteiger partial charge is 0.225 e. The molecule has 0 spiro atoms. The first kappa shape index (κ1) is 16.3. The van der Waals surface area contributed by atoms with Crippen LogP contribution in [0.1, 0.15) is 18.1 Å².